The van der Waals surface area contributed by atoms with Crippen molar-refractivity contribution in [2.75, 3.05) is 39.9 Å². The molecule has 2 unspecified atom stereocenters. The molecular weight excluding hydrogens is 496 g/mol. The quantitative estimate of drug-likeness (QED) is 0.365. The van der Waals surface area contributed by atoms with Gasteiger partial charge in [-0.15, -0.1) is 0 Å². The predicted molar refractivity (Wildman–Crippen MR) is 163 cm³/mol. The van der Waals surface area contributed by atoms with Crippen molar-refractivity contribution in [3.63, 3.8) is 0 Å². The molecule has 1 heterocycles. The molecule has 1 saturated heterocycles. The molecule has 1 fully saturated rings. The van der Waals surface area contributed by atoms with E-state index in [0.717, 1.165) is 63.6 Å². The van der Waals surface area contributed by atoms with Gasteiger partial charge in [0.25, 0.3) is 0 Å². The fourth-order valence-corrected chi connectivity index (χ4v) is 7.06. The summed E-state index contributed by atoms with van der Waals surface area (Å²) in [7, 11) is 1.76. The second-order valence-electron chi connectivity index (χ2n) is 12.8. The van der Waals surface area contributed by atoms with Crippen LogP contribution in [0.2, 0.25) is 0 Å². The van der Waals surface area contributed by atoms with Gasteiger partial charge in [-0.05, 0) is 116 Å². The van der Waals surface area contributed by atoms with Crippen LogP contribution >= 0.6 is 0 Å². The summed E-state index contributed by atoms with van der Waals surface area (Å²) in [5.74, 6) is 3.25. The lowest BCUT2D eigenvalue weighted by Crippen LogP contribution is -2.43. The summed E-state index contributed by atoms with van der Waals surface area (Å²) < 4.78 is 11.8. The number of aromatic hydroxyl groups is 1. The van der Waals surface area contributed by atoms with Gasteiger partial charge in [0.15, 0.2) is 0 Å². The Labute approximate surface area is 241 Å². The summed E-state index contributed by atoms with van der Waals surface area (Å²) in [6.07, 6.45) is 12.7. The van der Waals surface area contributed by atoms with Crippen molar-refractivity contribution in [3.8, 4) is 11.5 Å². The average Bonchev–Trinajstić information content (AvgIpc) is 2.95. The predicted octanol–water partition coefficient (Wildman–Crippen LogP) is 6.60. The molecule has 0 amide bonds. The van der Waals surface area contributed by atoms with E-state index in [2.05, 4.69) is 79.1 Å². The van der Waals surface area contributed by atoms with E-state index >= 15 is 0 Å². The fourth-order valence-electron chi connectivity index (χ4n) is 7.06. The number of phenols is 1. The van der Waals surface area contributed by atoms with Crippen molar-refractivity contribution in [2.45, 2.75) is 65.5 Å². The third kappa shape index (κ3) is 7.11. The van der Waals surface area contributed by atoms with Gasteiger partial charge in [-0.3, -0.25) is 9.80 Å². The fraction of sp³-hybridized carbons (Fsp3) is 0.543. The number of ether oxygens (including phenoxy) is 2. The van der Waals surface area contributed by atoms with Crippen LogP contribution in [0.1, 0.15) is 56.7 Å². The third-order valence-corrected chi connectivity index (χ3v) is 9.24. The summed E-state index contributed by atoms with van der Waals surface area (Å²) >= 11 is 0. The molecule has 5 heteroatoms. The molecule has 2 aliphatic carbocycles. The molecule has 5 nitrogen and oxygen atoms in total. The molecule has 3 atom stereocenters. The number of hydrogen-bond donors (Lipinski definition) is 1. The number of piperidine rings is 1. The lowest BCUT2D eigenvalue weighted by molar-refractivity contribution is 0.102. The zero-order valence-corrected chi connectivity index (χ0v) is 24.9. The monoisotopic (exact) mass is 544 g/mol. The van der Waals surface area contributed by atoms with Crippen LogP contribution in [0.15, 0.2) is 66.5 Å². The van der Waals surface area contributed by atoms with Gasteiger partial charge < -0.3 is 14.6 Å². The highest BCUT2D eigenvalue weighted by Crippen LogP contribution is 2.38. The molecule has 1 aliphatic heterocycles. The normalized spacial score (nSPS) is 24.4. The zero-order valence-electron chi connectivity index (χ0n) is 24.9. The third-order valence-electron chi connectivity index (χ3n) is 9.24. The molecule has 0 aromatic heterocycles. The van der Waals surface area contributed by atoms with Gasteiger partial charge in [-0.25, -0.2) is 0 Å². The van der Waals surface area contributed by atoms with Gasteiger partial charge in [0.1, 0.15) is 23.9 Å². The summed E-state index contributed by atoms with van der Waals surface area (Å²) in [6.45, 7) is 12.9. The van der Waals surface area contributed by atoms with Crippen molar-refractivity contribution in [1.29, 1.82) is 0 Å². The SMILES string of the molecule is CCN(Cc1ccc(OCCN2CCCC(C)(C)C2)cc1)C1C=C(OC)C=CC1[C@@H]1CCc2cc(O)ccc2C1. The Balaban J connectivity index is 1.21. The molecular formula is C35H48N2O3. The molecule has 0 saturated carbocycles. The molecule has 216 valence electrons. The van der Waals surface area contributed by atoms with Crippen LogP contribution in [0.5, 0.6) is 11.5 Å². The number of rotatable bonds is 10. The van der Waals surface area contributed by atoms with Crippen molar-refractivity contribution in [3.05, 3.63) is 83.1 Å². The van der Waals surface area contributed by atoms with Crippen LogP contribution in [0, 0.1) is 17.3 Å². The molecule has 0 bridgehead atoms. The highest BCUT2D eigenvalue weighted by molar-refractivity contribution is 5.37. The van der Waals surface area contributed by atoms with Crippen LogP contribution in [0.4, 0.5) is 0 Å². The topological polar surface area (TPSA) is 45.2 Å². The first-order valence-electron chi connectivity index (χ1n) is 15.3. The van der Waals surface area contributed by atoms with E-state index < -0.39 is 0 Å². The second kappa shape index (κ2) is 12.8. The number of nitrogens with zero attached hydrogens (tertiary/aromatic N) is 2. The van der Waals surface area contributed by atoms with E-state index in [1.165, 1.54) is 36.1 Å². The van der Waals surface area contributed by atoms with E-state index in [1.54, 1.807) is 7.11 Å². The molecule has 2 aromatic rings. The van der Waals surface area contributed by atoms with Crippen molar-refractivity contribution in [2.24, 2.45) is 17.3 Å². The molecule has 0 spiro atoms. The first-order chi connectivity index (χ1) is 19.3. The maximum Gasteiger partial charge on any atom is 0.119 e. The molecule has 1 N–H and O–H groups in total. The summed E-state index contributed by atoms with van der Waals surface area (Å²) in [5, 5.41) is 9.93. The number of aryl methyl sites for hydroxylation is 1. The summed E-state index contributed by atoms with van der Waals surface area (Å²) in [6, 6.07) is 14.9. The Kier molecular flexibility index (Phi) is 9.22. The number of hydrogen-bond acceptors (Lipinski definition) is 5. The number of allylic oxidation sites excluding steroid dienone is 1. The van der Waals surface area contributed by atoms with Crippen LogP contribution in [0.25, 0.3) is 0 Å². The lowest BCUT2D eigenvalue weighted by atomic mass is 9.72. The van der Waals surface area contributed by atoms with E-state index in [9.17, 15) is 5.11 Å². The van der Waals surface area contributed by atoms with E-state index in [1.807, 2.05) is 12.1 Å². The Bertz CT molecular complexity index is 1190. The molecule has 0 radical (unpaired) electrons. The maximum atomic E-state index is 9.93. The Morgan fingerprint density at radius 1 is 1.10 bits per heavy atom. The van der Waals surface area contributed by atoms with Crippen molar-refractivity contribution < 1.29 is 14.6 Å². The van der Waals surface area contributed by atoms with Gasteiger partial charge in [0, 0.05) is 25.7 Å². The van der Waals surface area contributed by atoms with Crippen LogP contribution in [0.3, 0.4) is 0 Å². The van der Waals surface area contributed by atoms with Crippen LogP contribution < -0.4 is 4.74 Å². The molecule has 5 rings (SSSR count). The minimum Gasteiger partial charge on any atom is -0.508 e. The first-order valence-corrected chi connectivity index (χ1v) is 15.3. The van der Waals surface area contributed by atoms with E-state index in [4.69, 9.17) is 9.47 Å². The summed E-state index contributed by atoms with van der Waals surface area (Å²) in [5.41, 5.74) is 4.40. The highest BCUT2D eigenvalue weighted by Gasteiger charge is 2.34. The van der Waals surface area contributed by atoms with Crippen LogP contribution in [-0.2, 0) is 24.1 Å². The Hall–Kier alpha value is -2.76. The highest BCUT2D eigenvalue weighted by atomic mass is 16.5. The number of methoxy groups -OCH3 is 1. The van der Waals surface area contributed by atoms with E-state index in [-0.39, 0.29) is 6.04 Å². The minimum atomic E-state index is 0.276. The number of phenolic OH excluding ortho intramolecular Hbond substituents is 1. The lowest BCUT2D eigenvalue weighted by Gasteiger charge is -2.41. The minimum absolute atomic E-state index is 0.276. The van der Waals surface area contributed by atoms with Crippen molar-refractivity contribution >= 4 is 0 Å². The van der Waals surface area contributed by atoms with Gasteiger partial charge in [0.05, 0.1) is 7.11 Å². The van der Waals surface area contributed by atoms with Crippen molar-refractivity contribution in [1.82, 2.24) is 9.80 Å². The standard InChI is InChI=1S/C35H48N2O3/c1-5-37(24-26-7-13-31(14-8-26)40-20-19-36-18-6-17-35(2,3)25-36)34-23-32(39-4)15-16-33(34)29-10-9-28-22-30(38)12-11-27(28)21-29/h7-8,11-16,22-23,29,33-34,38H,5-6,9-10,17-21,24-25H2,1-4H3/t29-,33?,34?/m1/s1. The first kappa shape index (κ1) is 28.8. The molecule has 3 aliphatic rings. The largest absolute Gasteiger partial charge is 0.508 e. The number of likely N-dealkylation sites (N-methyl/N-ethyl adjacent to an activating group) is 1. The van der Waals surface area contributed by atoms with E-state index in [0.29, 0.717) is 23.0 Å². The molecule has 40 heavy (non-hydrogen) atoms. The van der Waals surface area contributed by atoms with Gasteiger partial charge in [-0.2, -0.15) is 0 Å². The number of fused-ring (bicyclic) bond motifs is 1. The maximum absolute atomic E-state index is 9.93. The summed E-state index contributed by atoms with van der Waals surface area (Å²) in [4.78, 5) is 5.12. The Morgan fingerprint density at radius 2 is 1.93 bits per heavy atom. The van der Waals surface area contributed by atoms with Gasteiger partial charge in [0.2, 0.25) is 0 Å². The van der Waals surface area contributed by atoms with Gasteiger partial charge >= 0.3 is 0 Å². The second-order valence-corrected chi connectivity index (χ2v) is 12.8. The van der Waals surface area contributed by atoms with Gasteiger partial charge in [-0.1, -0.05) is 45.0 Å². The Morgan fingerprint density at radius 3 is 2.67 bits per heavy atom. The molecule has 2 aromatic carbocycles. The van der Waals surface area contributed by atoms with Crippen LogP contribution in [-0.4, -0.2) is 60.8 Å². The smallest absolute Gasteiger partial charge is 0.119 e. The number of likely N-dealkylation sites (tertiary alicyclic amines) is 1. The average molecular weight is 545 g/mol. The zero-order chi connectivity index (χ0) is 28.1. The number of benzene rings is 2.